The molecule has 2 aliphatic rings. The Kier molecular flexibility index (Phi) is 5.17. The van der Waals surface area contributed by atoms with Gasteiger partial charge < -0.3 is 14.4 Å². The summed E-state index contributed by atoms with van der Waals surface area (Å²) in [5.74, 6) is -0.572. The Labute approximate surface area is 170 Å². The van der Waals surface area contributed by atoms with Gasteiger partial charge in [-0.15, -0.1) is 0 Å². The number of benzene rings is 1. The molecule has 1 saturated heterocycles. The fourth-order valence-electron chi connectivity index (χ4n) is 4.38. The van der Waals surface area contributed by atoms with Crippen LogP contribution in [0.15, 0.2) is 30.3 Å². The van der Waals surface area contributed by atoms with E-state index in [1.807, 2.05) is 0 Å². The number of carbonyl (C=O) groups is 1. The van der Waals surface area contributed by atoms with Gasteiger partial charge in [-0.1, -0.05) is 0 Å². The molecular weight excluding hydrogens is 404 g/mol. The average Bonchev–Trinajstić information content (AvgIpc) is 3.06. The molecule has 0 radical (unpaired) electrons. The van der Waals surface area contributed by atoms with Crippen molar-refractivity contribution >= 4 is 5.91 Å². The first-order valence-electron chi connectivity index (χ1n) is 9.47. The number of amides is 1. The number of hydrogen-bond donors (Lipinski definition) is 0. The summed E-state index contributed by atoms with van der Waals surface area (Å²) in [7, 11) is 1.56. The second-order valence-corrected chi connectivity index (χ2v) is 7.60. The lowest BCUT2D eigenvalue weighted by Gasteiger charge is -2.34. The number of likely N-dealkylation sites (tertiary alicyclic amines) is 1. The van der Waals surface area contributed by atoms with Crippen molar-refractivity contribution in [2.75, 3.05) is 26.9 Å². The number of alkyl halides is 3. The number of rotatable bonds is 3. The Morgan fingerprint density at radius 3 is 2.73 bits per heavy atom. The van der Waals surface area contributed by atoms with E-state index in [1.54, 1.807) is 12.0 Å². The summed E-state index contributed by atoms with van der Waals surface area (Å²) in [6, 6.07) is 5.66. The van der Waals surface area contributed by atoms with Crippen molar-refractivity contribution in [1.29, 1.82) is 0 Å². The molecule has 0 bridgehead atoms. The summed E-state index contributed by atoms with van der Waals surface area (Å²) in [6.45, 7) is 2.41. The van der Waals surface area contributed by atoms with Crippen molar-refractivity contribution in [3.05, 3.63) is 58.7 Å². The van der Waals surface area contributed by atoms with Crippen LogP contribution in [0.4, 0.5) is 17.6 Å². The van der Waals surface area contributed by atoms with E-state index in [4.69, 9.17) is 9.47 Å². The maximum atomic E-state index is 14.0. The van der Waals surface area contributed by atoms with E-state index in [-0.39, 0.29) is 23.1 Å². The Bertz CT molecular complexity index is 979. The zero-order valence-corrected chi connectivity index (χ0v) is 16.4. The molecule has 30 heavy (non-hydrogen) atoms. The molecule has 2 aliphatic heterocycles. The van der Waals surface area contributed by atoms with Gasteiger partial charge in [-0.3, -0.25) is 4.79 Å². The van der Waals surface area contributed by atoms with Crippen LogP contribution in [-0.4, -0.2) is 42.7 Å². The highest BCUT2D eigenvalue weighted by atomic mass is 19.4. The van der Waals surface area contributed by atoms with Crippen molar-refractivity contribution in [2.45, 2.75) is 19.1 Å². The highest BCUT2D eigenvalue weighted by Crippen LogP contribution is 2.48. The van der Waals surface area contributed by atoms with Gasteiger partial charge in [0.15, 0.2) is 0 Å². The van der Waals surface area contributed by atoms with Crippen LogP contribution in [0.5, 0.6) is 5.75 Å². The molecule has 0 unspecified atom stereocenters. The number of fused-ring (bicyclic) bond motifs is 3. The lowest BCUT2D eigenvalue weighted by atomic mass is 9.85. The van der Waals surface area contributed by atoms with Gasteiger partial charge in [0.2, 0.25) is 0 Å². The van der Waals surface area contributed by atoms with Gasteiger partial charge in [0, 0.05) is 31.1 Å². The van der Waals surface area contributed by atoms with E-state index in [0.717, 1.165) is 12.1 Å². The van der Waals surface area contributed by atoms with Gasteiger partial charge in [0.1, 0.15) is 17.3 Å². The third-order valence-electron chi connectivity index (χ3n) is 5.75. The molecule has 0 spiro atoms. The second kappa shape index (κ2) is 7.54. The van der Waals surface area contributed by atoms with Crippen LogP contribution in [0.3, 0.4) is 0 Å². The standard InChI is InChI=1S/C21H20F4N2O3/c1-11-14(4-6-18(26-11)21(23,24)25)20(28)27-8-12(9-29-2)16-10-30-17-5-3-13(22)7-15(17)19(16)27/h3-7,12,16,19H,8-10H2,1-2H3/t12-,16-,19-/m0/s1. The summed E-state index contributed by atoms with van der Waals surface area (Å²) in [4.78, 5) is 18.5. The molecule has 1 aromatic carbocycles. The van der Waals surface area contributed by atoms with Crippen LogP contribution in [0.1, 0.15) is 33.4 Å². The number of pyridine rings is 1. The number of methoxy groups -OCH3 is 1. The number of ether oxygens (including phenoxy) is 2. The first kappa shape index (κ1) is 20.6. The molecule has 3 heterocycles. The number of nitrogens with zero attached hydrogens (tertiary/aromatic N) is 2. The van der Waals surface area contributed by atoms with Crippen LogP contribution in [0.25, 0.3) is 0 Å². The van der Waals surface area contributed by atoms with Crippen LogP contribution >= 0.6 is 0 Å². The molecule has 0 N–H and O–H groups in total. The second-order valence-electron chi connectivity index (χ2n) is 7.60. The highest BCUT2D eigenvalue weighted by molar-refractivity contribution is 5.95. The predicted octanol–water partition coefficient (Wildman–Crippen LogP) is 4.02. The van der Waals surface area contributed by atoms with E-state index in [0.29, 0.717) is 31.1 Å². The van der Waals surface area contributed by atoms with Crippen molar-refractivity contribution in [1.82, 2.24) is 9.88 Å². The van der Waals surface area contributed by atoms with Gasteiger partial charge in [0.05, 0.1) is 30.5 Å². The minimum Gasteiger partial charge on any atom is -0.493 e. The van der Waals surface area contributed by atoms with E-state index in [9.17, 15) is 22.4 Å². The minimum atomic E-state index is -4.59. The summed E-state index contributed by atoms with van der Waals surface area (Å²) in [5, 5.41) is 0. The Morgan fingerprint density at radius 2 is 2.07 bits per heavy atom. The SMILES string of the molecule is COC[C@@H]1CN(C(=O)c2ccc(C(F)(F)F)nc2C)[C@H]2c3cc(F)ccc3OC[C@@H]12. The van der Waals surface area contributed by atoms with Crippen molar-refractivity contribution in [3.63, 3.8) is 0 Å². The first-order chi connectivity index (χ1) is 14.2. The van der Waals surface area contributed by atoms with Gasteiger partial charge in [0.25, 0.3) is 5.91 Å². The Balaban J connectivity index is 1.73. The molecule has 1 aromatic heterocycles. The quantitative estimate of drug-likeness (QED) is 0.699. The fraction of sp³-hybridized carbons (Fsp3) is 0.429. The van der Waals surface area contributed by atoms with E-state index in [2.05, 4.69) is 4.98 Å². The van der Waals surface area contributed by atoms with Crippen LogP contribution < -0.4 is 4.74 Å². The largest absolute Gasteiger partial charge is 0.493 e. The monoisotopic (exact) mass is 424 g/mol. The lowest BCUT2D eigenvalue weighted by molar-refractivity contribution is -0.141. The Morgan fingerprint density at radius 1 is 1.30 bits per heavy atom. The van der Waals surface area contributed by atoms with Crippen LogP contribution in [0.2, 0.25) is 0 Å². The molecule has 9 heteroatoms. The summed E-state index contributed by atoms with van der Waals surface area (Å²) < 4.78 is 63.9. The molecule has 5 nitrogen and oxygen atoms in total. The number of hydrogen-bond acceptors (Lipinski definition) is 4. The van der Waals surface area contributed by atoms with E-state index < -0.39 is 29.6 Å². The van der Waals surface area contributed by atoms with Gasteiger partial charge in [-0.05, 0) is 37.3 Å². The fourth-order valence-corrected chi connectivity index (χ4v) is 4.38. The molecule has 1 fully saturated rings. The number of aromatic nitrogens is 1. The third-order valence-corrected chi connectivity index (χ3v) is 5.75. The normalized spacial score (nSPS) is 23.0. The molecule has 160 valence electrons. The van der Waals surface area contributed by atoms with Gasteiger partial charge >= 0.3 is 6.18 Å². The average molecular weight is 424 g/mol. The molecule has 4 rings (SSSR count). The summed E-state index contributed by atoms with van der Waals surface area (Å²) in [6.07, 6.45) is -4.59. The van der Waals surface area contributed by atoms with E-state index in [1.165, 1.54) is 25.1 Å². The molecular formula is C21H20F4N2O3. The lowest BCUT2D eigenvalue weighted by Crippen LogP contribution is -2.36. The minimum absolute atomic E-state index is 0.00640. The topological polar surface area (TPSA) is 51.7 Å². The predicted molar refractivity (Wildman–Crippen MR) is 98.5 cm³/mol. The first-order valence-corrected chi connectivity index (χ1v) is 9.47. The smallest absolute Gasteiger partial charge is 0.433 e. The zero-order valence-electron chi connectivity index (χ0n) is 16.4. The highest BCUT2D eigenvalue weighted by Gasteiger charge is 2.48. The van der Waals surface area contributed by atoms with Gasteiger partial charge in [-0.2, -0.15) is 13.2 Å². The van der Waals surface area contributed by atoms with Gasteiger partial charge in [-0.25, -0.2) is 9.37 Å². The zero-order chi connectivity index (χ0) is 21.6. The Hall–Kier alpha value is -2.68. The summed E-state index contributed by atoms with van der Waals surface area (Å²) in [5.41, 5.74) is -0.417. The van der Waals surface area contributed by atoms with Crippen molar-refractivity contribution in [3.8, 4) is 5.75 Å². The van der Waals surface area contributed by atoms with Crippen molar-refractivity contribution in [2.24, 2.45) is 11.8 Å². The third kappa shape index (κ3) is 3.51. The number of halogens is 4. The van der Waals surface area contributed by atoms with Crippen LogP contribution in [0, 0.1) is 24.6 Å². The number of aryl methyl sites for hydroxylation is 1. The molecule has 1 amide bonds. The maximum absolute atomic E-state index is 14.0. The van der Waals surface area contributed by atoms with E-state index >= 15 is 0 Å². The molecule has 2 aromatic rings. The number of carbonyl (C=O) groups excluding carboxylic acids is 1. The summed E-state index contributed by atoms with van der Waals surface area (Å²) >= 11 is 0. The molecule has 0 saturated carbocycles. The maximum Gasteiger partial charge on any atom is 0.433 e. The molecule has 3 atom stereocenters. The molecule has 0 aliphatic carbocycles. The van der Waals surface area contributed by atoms with Crippen LogP contribution in [-0.2, 0) is 10.9 Å². The van der Waals surface area contributed by atoms with Crippen molar-refractivity contribution < 1.29 is 31.8 Å².